The quantitative estimate of drug-likeness (QED) is 0.766. The Hall–Kier alpha value is -1.94. The Morgan fingerprint density at radius 2 is 1.65 bits per heavy atom. The number of hydrogen-bond donors (Lipinski definition) is 2. The van der Waals surface area contributed by atoms with Gasteiger partial charge >= 0.3 is 0 Å². The van der Waals surface area contributed by atoms with Gasteiger partial charge in [-0.2, -0.15) is 0 Å². The minimum atomic E-state index is 0.667. The third-order valence-electron chi connectivity index (χ3n) is 2.42. The molecule has 0 aliphatic rings. The minimum absolute atomic E-state index is 0.667. The third kappa shape index (κ3) is 3.26. The fourth-order valence-corrected chi connectivity index (χ4v) is 1.50. The molecule has 0 saturated carbocycles. The SMILES string of the molecule is CNCCNc1ncc(-c2ccccc2)cn1. The zero-order valence-electron chi connectivity index (χ0n) is 9.85. The number of aromatic nitrogens is 2. The van der Waals surface area contributed by atoms with Gasteiger partial charge in [-0.3, -0.25) is 0 Å². The first kappa shape index (κ1) is 11.5. The Morgan fingerprint density at radius 1 is 0.941 bits per heavy atom. The highest BCUT2D eigenvalue weighted by molar-refractivity contribution is 5.61. The lowest BCUT2D eigenvalue weighted by molar-refractivity contribution is 0.817. The van der Waals surface area contributed by atoms with Crippen molar-refractivity contribution < 1.29 is 0 Å². The molecule has 2 rings (SSSR count). The van der Waals surface area contributed by atoms with E-state index < -0.39 is 0 Å². The molecular weight excluding hydrogens is 212 g/mol. The van der Waals surface area contributed by atoms with Crippen LogP contribution in [0.2, 0.25) is 0 Å². The van der Waals surface area contributed by atoms with Crippen molar-refractivity contribution in [1.29, 1.82) is 0 Å². The Bertz CT molecular complexity index is 439. The largest absolute Gasteiger partial charge is 0.353 e. The molecule has 1 aromatic heterocycles. The zero-order valence-corrected chi connectivity index (χ0v) is 9.85. The summed E-state index contributed by atoms with van der Waals surface area (Å²) in [7, 11) is 1.92. The highest BCUT2D eigenvalue weighted by Crippen LogP contribution is 2.16. The molecule has 4 heteroatoms. The molecule has 2 aromatic rings. The Kier molecular flexibility index (Phi) is 4.05. The molecule has 0 radical (unpaired) electrons. The number of hydrogen-bond acceptors (Lipinski definition) is 4. The maximum absolute atomic E-state index is 4.28. The second-order valence-electron chi connectivity index (χ2n) is 3.69. The van der Waals surface area contributed by atoms with Crippen LogP contribution in [-0.2, 0) is 0 Å². The molecule has 0 bridgehead atoms. The molecule has 1 heterocycles. The highest BCUT2D eigenvalue weighted by atomic mass is 15.1. The summed E-state index contributed by atoms with van der Waals surface area (Å²) in [5, 5.41) is 6.20. The Morgan fingerprint density at radius 3 is 2.29 bits per heavy atom. The van der Waals surface area contributed by atoms with Gasteiger partial charge in [0.1, 0.15) is 0 Å². The lowest BCUT2D eigenvalue weighted by atomic mass is 10.1. The van der Waals surface area contributed by atoms with Crippen molar-refractivity contribution in [1.82, 2.24) is 15.3 Å². The van der Waals surface area contributed by atoms with E-state index in [-0.39, 0.29) is 0 Å². The second-order valence-corrected chi connectivity index (χ2v) is 3.69. The van der Waals surface area contributed by atoms with Gasteiger partial charge in [-0.15, -0.1) is 0 Å². The van der Waals surface area contributed by atoms with Gasteiger partial charge in [0.2, 0.25) is 5.95 Å². The monoisotopic (exact) mass is 228 g/mol. The molecule has 0 spiro atoms. The summed E-state index contributed by atoms with van der Waals surface area (Å²) in [5.74, 6) is 0.667. The van der Waals surface area contributed by atoms with E-state index in [1.807, 2.05) is 49.8 Å². The van der Waals surface area contributed by atoms with Crippen molar-refractivity contribution in [2.75, 3.05) is 25.5 Å². The molecule has 0 atom stereocenters. The highest BCUT2D eigenvalue weighted by Gasteiger charge is 1.98. The normalized spacial score (nSPS) is 10.2. The summed E-state index contributed by atoms with van der Waals surface area (Å²) < 4.78 is 0. The lowest BCUT2D eigenvalue weighted by Crippen LogP contribution is -2.18. The molecule has 0 amide bonds. The fraction of sp³-hybridized carbons (Fsp3) is 0.231. The molecule has 88 valence electrons. The van der Waals surface area contributed by atoms with E-state index >= 15 is 0 Å². The van der Waals surface area contributed by atoms with Gasteiger partial charge < -0.3 is 10.6 Å². The maximum atomic E-state index is 4.28. The van der Waals surface area contributed by atoms with E-state index in [9.17, 15) is 0 Å². The predicted molar refractivity (Wildman–Crippen MR) is 69.9 cm³/mol. The van der Waals surface area contributed by atoms with Crippen LogP contribution in [-0.4, -0.2) is 30.1 Å². The first-order chi connectivity index (χ1) is 8.40. The summed E-state index contributed by atoms with van der Waals surface area (Å²) in [6.07, 6.45) is 3.67. The van der Waals surface area contributed by atoms with E-state index in [2.05, 4.69) is 20.6 Å². The first-order valence-corrected chi connectivity index (χ1v) is 5.66. The molecule has 0 aliphatic carbocycles. The van der Waals surface area contributed by atoms with Crippen molar-refractivity contribution in [3.05, 3.63) is 42.7 Å². The van der Waals surface area contributed by atoms with Crippen LogP contribution in [0.5, 0.6) is 0 Å². The minimum Gasteiger partial charge on any atom is -0.353 e. The molecule has 4 nitrogen and oxygen atoms in total. The van der Waals surface area contributed by atoms with Crippen LogP contribution >= 0.6 is 0 Å². The number of nitrogens with zero attached hydrogens (tertiary/aromatic N) is 2. The third-order valence-corrected chi connectivity index (χ3v) is 2.42. The standard InChI is InChI=1S/C13H16N4/c1-14-7-8-15-13-16-9-12(10-17-13)11-5-3-2-4-6-11/h2-6,9-10,14H,7-8H2,1H3,(H,15,16,17). The van der Waals surface area contributed by atoms with Gasteiger partial charge in [0.25, 0.3) is 0 Å². The number of rotatable bonds is 5. The Balaban J connectivity index is 2.03. The molecule has 17 heavy (non-hydrogen) atoms. The molecule has 0 fully saturated rings. The number of anilines is 1. The topological polar surface area (TPSA) is 49.8 Å². The number of nitrogens with one attached hydrogen (secondary N) is 2. The molecular formula is C13H16N4. The van der Waals surface area contributed by atoms with Crippen molar-refractivity contribution in [2.24, 2.45) is 0 Å². The fourth-order valence-electron chi connectivity index (χ4n) is 1.50. The van der Waals surface area contributed by atoms with E-state index in [0.29, 0.717) is 5.95 Å². The average molecular weight is 228 g/mol. The molecule has 0 saturated heterocycles. The van der Waals surface area contributed by atoms with E-state index in [1.165, 1.54) is 0 Å². The predicted octanol–water partition coefficient (Wildman–Crippen LogP) is 1.77. The van der Waals surface area contributed by atoms with Crippen LogP contribution in [0.25, 0.3) is 11.1 Å². The molecule has 0 aliphatic heterocycles. The van der Waals surface area contributed by atoms with Gasteiger partial charge in [-0.1, -0.05) is 30.3 Å². The van der Waals surface area contributed by atoms with Crippen LogP contribution < -0.4 is 10.6 Å². The molecule has 0 unspecified atom stereocenters. The van der Waals surface area contributed by atoms with Crippen molar-refractivity contribution >= 4 is 5.95 Å². The van der Waals surface area contributed by atoms with E-state index in [1.54, 1.807) is 0 Å². The summed E-state index contributed by atoms with van der Waals surface area (Å²) >= 11 is 0. The Labute approximate surface area is 101 Å². The van der Waals surface area contributed by atoms with Crippen LogP contribution in [0, 0.1) is 0 Å². The van der Waals surface area contributed by atoms with Crippen molar-refractivity contribution in [3.63, 3.8) is 0 Å². The average Bonchev–Trinajstić information content (AvgIpc) is 2.41. The smallest absolute Gasteiger partial charge is 0.222 e. The van der Waals surface area contributed by atoms with Crippen LogP contribution in [0.1, 0.15) is 0 Å². The van der Waals surface area contributed by atoms with Crippen molar-refractivity contribution in [3.8, 4) is 11.1 Å². The van der Waals surface area contributed by atoms with Gasteiger partial charge in [0.05, 0.1) is 0 Å². The maximum Gasteiger partial charge on any atom is 0.222 e. The molecule has 1 aromatic carbocycles. The summed E-state index contributed by atoms with van der Waals surface area (Å²) in [5.41, 5.74) is 2.17. The van der Waals surface area contributed by atoms with Crippen LogP contribution in [0.3, 0.4) is 0 Å². The van der Waals surface area contributed by atoms with Gasteiger partial charge in [0, 0.05) is 31.0 Å². The summed E-state index contributed by atoms with van der Waals surface area (Å²) in [6.45, 7) is 1.71. The molecule has 2 N–H and O–H groups in total. The summed E-state index contributed by atoms with van der Waals surface area (Å²) in [6, 6.07) is 10.1. The van der Waals surface area contributed by atoms with Crippen molar-refractivity contribution in [2.45, 2.75) is 0 Å². The number of benzene rings is 1. The van der Waals surface area contributed by atoms with Crippen LogP contribution in [0.4, 0.5) is 5.95 Å². The lowest BCUT2D eigenvalue weighted by Gasteiger charge is -2.05. The van der Waals surface area contributed by atoms with E-state index in [4.69, 9.17) is 0 Å². The first-order valence-electron chi connectivity index (χ1n) is 5.66. The van der Waals surface area contributed by atoms with Gasteiger partial charge in [-0.25, -0.2) is 9.97 Å². The zero-order chi connectivity index (χ0) is 11.9. The number of likely N-dealkylation sites (N-methyl/N-ethyl adjacent to an activating group) is 1. The van der Waals surface area contributed by atoms with Gasteiger partial charge in [0.15, 0.2) is 0 Å². The van der Waals surface area contributed by atoms with E-state index in [0.717, 1.165) is 24.2 Å². The van der Waals surface area contributed by atoms with Crippen LogP contribution in [0.15, 0.2) is 42.7 Å². The second kappa shape index (κ2) is 5.96. The van der Waals surface area contributed by atoms with Gasteiger partial charge in [-0.05, 0) is 12.6 Å². The summed E-state index contributed by atoms with van der Waals surface area (Å²) in [4.78, 5) is 8.55.